The van der Waals surface area contributed by atoms with E-state index in [1.54, 1.807) is 0 Å². The van der Waals surface area contributed by atoms with E-state index in [0.29, 0.717) is 0 Å². The van der Waals surface area contributed by atoms with Gasteiger partial charge in [0.1, 0.15) is 0 Å². The first-order valence-electron chi connectivity index (χ1n) is 5.85. The second-order valence-electron chi connectivity index (χ2n) is 4.24. The van der Waals surface area contributed by atoms with E-state index < -0.39 is 40.6 Å². The molecule has 2 aromatic carbocycles. The molecule has 0 aromatic heterocycles. The average Bonchev–Trinajstić information content (AvgIpc) is 2.49. The Balaban J connectivity index is 2.28. The van der Waals surface area contributed by atoms with Crippen LogP contribution in [0.2, 0.25) is 0 Å². The first-order chi connectivity index (χ1) is 10.3. The second-order valence-corrected chi connectivity index (χ2v) is 4.24. The zero-order chi connectivity index (χ0) is 16.4. The Morgan fingerprint density at radius 2 is 1.50 bits per heavy atom. The van der Waals surface area contributed by atoms with Gasteiger partial charge in [0, 0.05) is 11.3 Å². The standard InChI is InChI=1S/C14H8F4N2O2/c15-9-5-8(10(16)12(18)11(9)17)14(22)20-7-3-1-6(2-4-7)13(19)21/h1-5H,(H2,19,21)(H,20,22). The number of nitrogens with two attached hydrogens (primary N) is 1. The van der Waals surface area contributed by atoms with Crippen LogP contribution in [0.3, 0.4) is 0 Å². The molecule has 114 valence electrons. The number of primary amides is 1. The highest BCUT2D eigenvalue weighted by atomic mass is 19.2. The van der Waals surface area contributed by atoms with E-state index in [-0.39, 0.29) is 17.3 Å². The molecule has 0 saturated carbocycles. The van der Waals surface area contributed by atoms with E-state index in [4.69, 9.17) is 5.73 Å². The van der Waals surface area contributed by atoms with Crippen molar-refractivity contribution in [1.29, 1.82) is 0 Å². The molecule has 4 nitrogen and oxygen atoms in total. The summed E-state index contributed by atoms with van der Waals surface area (Å²) in [5.74, 6) is -9.43. The molecule has 2 aromatic rings. The smallest absolute Gasteiger partial charge is 0.258 e. The summed E-state index contributed by atoms with van der Waals surface area (Å²) in [5, 5.41) is 2.15. The minimum absolute atomic E-state index is 0.125. The van der Waals surface area contributed by atoms with Gasteiger partial charge in [0.05, 0.1) is 5.56 Å². The van der Waals surface area contributed by atoms with Crippen molar-refractivity contribution in [3.63, 3.8) is 0 Å². The van der Waals surface area contributed by atoms with Crippen LogP contribution in [0.1, 0.15) is 20.7 Å². The third-order valence-corrected chi connectivity index (χ3v) is 2.77. The third-order valence-electron chi connectivity index (χ3n) is 2.77. The molecular weight excluding hydrogens is 304 g/mol. The number of rotatable bonds is 3. The molecule has 0 bridgehead atoms. The zero-order valence-electron chi connectivity index (χ0n) is 10.8. The van der Waals surface area contributed by atoms with Crippen LogP contribution in [0, 0.1) is 23.3 Å². The van der Waals surface area contributed by atoms with Gasteiger partial charge < -0.3 is 11.1 Å². The predicted molar refractivity (Wildman–Crippen MR) is 69.2 cm³/mol. The molecule has 3 N–H and O–H groups in total. The van der Waals surface area contributed by atoms with Crippen molar-refractivity contribution in [2.45, 2.75) is 0 Å². The van der Waals surface area contributed by atoms with Crippen molar-refractivity contribution in [1.82, 2.24) is 0 Å². The van der Waals surface area contributed by atoms with Gasteiger partial charge >= 0.3 is 0 Å². The molecule has 2 amide bonds. The maximum atomic E-state index is 13.5. The SMILES string of the molecule is NC(=O)c1ccc(NC(=O)c2cc(F)c(F)c(F)c2F)cc1. The molecule has 0 spiro atoms. The summed E-state index contributed by atoms with van der Waals surface area (Å²) in [6, 6.07) is 5.40. The summed E-state index contributed by atoms with van der Waals surface area (Å²) in [6.07, 6.45) is 0. The molecule has 8 heteroatoms. The van der Waals surface area contributed by atoms with Crippen LogP contribution in [-0.4, -0.2) is 11.8 Å². The van der Waals surface area contributed by atoms with E-state index in [9.17, 15) is 27.2 Å². The van der Waals surface area contributed by atoms with Gasteiger partial charge in [-0.25, -0.2) is 17.6 Å². The Morgan fingerprint density at radius 1 is 0.909 bits per heavy atom. The van der Waals surface area contributed by atoms with Crippen molar-refractivity contribution in [2.24, 2.45) is 5.73 Å². The summed E-state index contributed by atoms with van der Waals surface area (Å²) in [5.41, 5.74) is 4.33. The van der Waals surface area contributed by atoms with E-state index >= 15 is 0 Å². The lowest BCUT2D eigenvalue weighted by molar-refractivity contribution is 0.0997. The highest BCUT2D eigenvalue weighted by molar-refractivity contribution is 6.04. The van der Waals surface area contributed by atoms with Crippen molar-refractivity contribution >= 4 is 17.5 Å². The van der Waals surface area contributed by atoms with Gasteiger partial charge in [-0.15, -0.1) is 0 Å². The first-order valence-corrected chi connectivity index (χ1v) is 5.85. The van der Waals surface area contributed by atoms with Gasteiger partial charge in [-0.05, 0) is 30.3 Å². The number of anilines is 1. The molecule has 0 heterocycles. The van der Waals surface area contributed by atoms with Crippen LogP contribution in [0.25, 0.3) is 0 Å². The fourth-order valence-corrected chi connectivity index (χ4v) is 1.65. The summed E-state index contributed by atoms with van der Waals surface area (Å²) in [4.78, 5) is 22.6. The quantitative estimate of drug-likeness (QED) is 0.519. The Labute approximate surface area is 121 Å². The number of benzene rings is 2. The number of nitrogens with one attached hydrogen (secondary N) is 1. The topological polar surface area (TPSA) is 72.2 Å². The Hall–Kier alpha value is -2.90. The number of halogens is 4. The van der Waals surface area contributed by atoms with Crippen LogP contribution in [0.15, 0.2) is 30.3 Å². The van der Waals surface area contributed by atoms with Crippen LogP contribution >= 0.6 is 0 Å². The van der Waals surface area contributed by atoms with Gasteiger partial charge in [-0.3, -0.25) is 9.59 Å². The second kappa shape index (κ2) is 5.84. The molecule has 0 aliphatic rings. The third kappa shape index (κ3) is 2.90. The van der Waals surface area contributed by atoms with Crippen molar-refractivity contribution in [3.8, 4) is 0 Å². The summed E-state index contributed by atoms with van der Waals surface area (Å²) < 4.78 is 52.4. The highest BCUT2D eigenvalue weighted by Gasteiger charge is 2.23. The molecule has 0 atom stereocenters. The van der Waals surface area contributed by atoms with Crippen LogP contribution in [0.5, 0.6) is 0 Å². The maximum absolute atomic E-state index is 13.5. The number of carbonyl (C=O) groups excluding carboxylic acids is 2. The Kier molecular flexibility index (Phi) is 4.11. The van der Waals surface area contributed by atoms with Gasteiger partial charge in [0.2, 0.25) is 5.91 Å². The lowest BCUT2D eigenvalue weighted by Gasteiger charge is -2.08. The van der Waals surface area contributed by atoms with E-state index in [2.05, 4.69) is 5.32 Å². The zero-order valence-corrected chi connectivity index (χ0v) is 10.8. The first kappa shape index (κ1) is 15.5. The lowest BCUT2D eigenvalue weighted by Crippen LogP contribution is -2.16. The monoisotopic (exact) mass is 312 g/mol. The molecule has 2 rings (SSSR count). The highest BCUT2D eigenvalue weighted by Crippen LogP contribution is 2.20. The van der Waals surface area contributed by atoms with E-state index in [1.807, 2.05) is 0 Å². The average molecular weight is 312 g/mol. The minimum Gasteiger partial charge on any atom is -0.366 e. The van der Waals surface area contributed by atoms with Crippen molar-refractivity contribution in [2.75, 3.05) is 5.32 Å². The maximum Gasteiger partial charge on any atom is 0.258 e. The Morgan fingerprint density at radius 3 is 2.05 bits per heavy atom. The van der Waals surface area contributed by atoms with E-state index in [1.165, 1.54) is 24.3 Å². The molecule has 0 radical (unpaired) electrons. The number of amides is 2. The minimum atomic E-state index is -2.07. The van der Waals surface area contributed by atoms with Gasteiger partial charge in [0.25, 0.3) is 5.91 Å². The van der Waals surface area contributed by atoms with Crippen LogP contribution < -0.4 is 11.1 Å². The molecule has 0 saturated heterocycles. The molecule has 0 aliphatic heterocycles. The van der Waals surface area contributed by atoms with E-state index in [0.717, 1.165) is 0 Å². The van der Waals surface area contributed by atoms with Crippen LogP contribution in [0.4, 0.5) is 23.2 Å². The predicted octanol–water partition coefficient (Wildman–Crippen LogP) is 2.59. The molecule has 0 fully saturated rings. The van der Waals surface area contributed by atoms with Crippen molar-refractivity contribution < 1.29 is 27.2 Å². The molecule has 0 aliphatic carbocycles. The van der Waals surface area contributed by atoms with Gasteiger partial charge in [-0.2, -0.15) is 0 Å². The fourth-order valence-electron chi connectivity index (χ4n) is 1.65. The largest absolute Gasteiger partial charge is 0.366 e. The fraction of sp³-hybridized carbons (Fsp3) is 0. The summed E-state index contributed by atoms with van der Waals surface area (Å²) in [7, 11) is 0. The molecular formula is C14H8F4N2O2. The number of hydrogen-bond acceptors (Lipinski definition) is 2. The van der Waals surface area contributed by atoms with Crippen molar-refractivity contribution in [3.05, 3.63) is 64.7 Å². The Bertz CT molecular complexity index is 760. The normalized spacial score (nSPS) is 10.4. The summed E-state index contributed by atoms with van der Waals surface area (Å²) >= 11 is 0. The molecule has 22 heavy (non-hydrogen) atoms. The lowest BCUT2D eigenvalue weighted by atomic mass is 10.1. The number of hydrogen-bond donors (Lipinski definition) is 2. The van der Waals surface area contributed by atoms with Gasteiger partial charge in [0.15, 0.2) is 23.3 Å². The van der Waals surface area contributed by atoms with Crippen LogP contribution in [-0.2, 0) is 0 Å². The van der Waals surface area contributed by atoms with Gasteiger partial charge in [-0.1, -0.05) is 0 Å². The summed E-state index contributed by atoms with van der Waals surface area (Å²) in [6.45, 7) is 0. The number of carbonyl (C=O) groups is 2. The molecule has 0 unspecified atom stereocenters.